The Hall–Kier alpha value is -0.0400. The first-order valence-corrected chi connectivity index (χ1v) is 4.99. The van der Waals surface area contributed by atoms with Crippen LogP contribution in [-0.4, -0.2) is 4.83 Å². The van der Waals surface area contributed by atoms with E-state index in [1.165, 1.54) is 24.0 Å². The Kier molecular flexibility index (Phi) is 2.94. The summed E-state index contributed by atoms with van der Waals surface area (Å²) >= 11 is 3.65. The molecule has 0 N–H and O–H groups in total. The molecule has 0 bridgehead atoms. The van der Waals surface area contributed by atoms with Gasteiger partial charge in [-0.3, -0.25) is 0 Å². The van der Waals surface area contributed by atoms with Crippen LogP contribution in [0, 0.1) is 5.92 Å². The van der Waals surface area contributed by atoms with Crippen LogP contribution < -0.4 is 0 Å². The third kappa shape index (κ3) is 2.19. The van der Waals surface area contributed by atoms with Crippen LogP contribution in [0.1, 0.15) is 26.7 Å². The number of allylic oxidation sites excluding steroid dienone is 3. The summed E-state index contributed by atoms with van der Waals surface area (Å²) in [5, 5.41) is 0. The Bertz CT molecular complexity index is 191. The van der Waals surface area contributed by atoms with E-state index in [-0.39, 0.29) is 0 Å². The molecule has 0 aromatic heterocycles. The van der Waals surface area contributed by atoms with Crippen molar-refractivity contribution in [1.29, 1.82) is 0 Å². The Morgan fingerprint density at radius 3 is 2.82 bits per heavy atom. The van der Waals surface area contributed by atoms with Crippen molar-refractivity contribution in [3.8, 4) is 0 Å². The zero-order valence-corrected chi connectivity index (χ0v) is 8.82. The van der Waals surface area contributed by atoms with Crippen molar-refractivity contribution in [2.45, 2.75) is 31.5 Å². The van der Waals surface area contributed by atoms with Crippen molar-refractivity contribution in [3.05, 3.63) is 23.8 Å². The largest absolute Gasteiger partial charge is 0.0998 e. The quantitative estimate of drug-likeness (QED) is 0.462. The van der Waals surface area contributed by atoms with E-state index in [1.54, 1.807) is 0 Å². The van der Waals surface area contributed by atoms with Crippen LogP contribution in [0.15, 0.2) is 23.8 Å². The first kappa shape index (κ1) is 9.05. The van der Waals surface area contributed by atoms with E-state index in [0.29, 0.717) is 10.7 Å². The lowest BCUT2D eigenvalue weighted by molar-refractivity contribution is 0.552. The van der Waals surface area contributed by atoms with Gasteiger partial charge in [0.15, 0.2) is 0 Å². The lowest BCUT2D eigenvalue weighted by Crippen LogP contribution is -2.14. The maximum Gasteiger partial charge on any atom is 0.0357 e. The van der Waals surface area contributed by atoms with E-state index in [1.807, 2.05) is 0 Å². The minimum atomic E-state index is 0.581. The standard InChI is InChI=1S/C10H15Br/c1-7(2)9-5-4-8(3)10(11)6-9/h4,9-10H,1,5-6H2,2-3H3/t9-,10?/m1/s1. The van der Waals surface area contributed by atoms with Gasteiger partial charge in [0.1, 0.15) is 0 Å². The van der Waals surface area contributed by atoms with Gasteiger partial charge >= 0.3 is 0 Å². The third-order valence-electron chi connectivity index (χ3n) is 2.41. The fraction of sp³-hybridized carbons (Fsp3) is 0.600. The Morgan fingerprint density at radius 2 is 2.36 bits per heavy atom. The number of halogens is 1. The van der Waals surface area contributed by atoms with Gasteiger partial charge in [-0.1, -0.05) is 39.7 Å². The Balaban J connectivity index is 2.62. The molecule has 0 aromatic rings. The molecule has 0 heterocycles. The predicted molar refractivity (Wildman–Crippen MR) is 54.0 cm³/mol. The highest BCUT2D eigenvalue weighted by atomic mass is 79.9. The normalized spacial score (nSPS) is 31.4. The molecule has 0 spiro atoms. The molecule has 0 aliphatic heterocycles. The highest BCUT2D eigenvalue weighted by Gasteiger charge is 2.19. The molecule has 1 aliphatic carbocycles. The molecule has 62 valence electrons. The van der Waals surface area contributed by atoms with Crippen molar-refractivity contribution in [2.75, 3.05) is 0 Å². The number of hydrogen-bond donors (Lipinski definition) is 0. The van der Waals surface area contributed by atoms with Crippen LogP contribution >= 0.6 is 15.9 Å². The molecule has 1 rings (SSSR count). The summed E-state index contributed by atoms with van der Waals surface area (Å²) in [6.45, 7) is 8.30. The summed E-state index contributed by atoms with van der Waals surface area (Å²) in [7, 11) is 0. The van der Waals surface area contributed by atoms with Crippen molar-refractivity contribution < 1.29 is 0 Å². The summed E-state index contributed by atoms with van der Waals surface area (Å²) in [5.41, 5.74) is 2.79. The Labute approximate surface area is 77.5 Å². The van der Waals surface area contributed by atoms with Gasteiger partial charge < -0.3 is 0 Å². The smallest absolute Gasteiger partial charge is 0.0357 e. The number of alkyl halides is 1. The van der Waals surface area contributed by atoms with E-state index in [0.717, 1.165) is 0 Å². The summed E-state index contributed by atoms with van der Waals surface area (Å²) in [6, 6.07) is 0. The summed E-state index contributed by atoms with van der Waals surface area (Å²) in [6.07, 6.45) is 4.73. The molecule has 0 fully saturated rings. The molecule has 0 nitrogen and oxygen atoms in total. The molecule has 0 amide bonds. The van der Waals surface area contributed by atoms with E-state index in [2.05, 4.69) is 42.4 Å². The van der Waals surface area contributed by atoms with Crippen LogP contribution in [0.3, 0.4) is 0 Å². The molecule has 1 aliphatic rings. The minimum absolute atomic E-state index is 0.581. The zero-order valence-electron chi connectivity index (χ0n) is 7.23. The van der Waals surface area contributed by atoms with E-state index in [4.69, 9.17) is 0 Å². The molecule has 0 saturated heterocycles. The second-order valence-corrected chi connectivity index (χ2v) is 4.54. The van der Waals surface area contributed by atoms with Crippen molar-refractivity contribution in [1.82, 2.24) is 0 Å². The predicted octanol–water partition coefficient (Wildman–Crippen LogP) is 3.68. The van der Waals surface area contributed by atoms with Crippen LogP contribution in [0.4, 0.5) is 0 Å². The van der Waals surface area contributed by atoms with Gasteiger partial charge in [-0.25, -0.2) is 0 Å². The van der Waals surface area contributed by atoms with Crippen molar-refractivity contribution >= 4 is 15.9 Å². The fourth-order valence-corrected chi connectivity index (χ4v) is 2.03. The SMILES string of the molecule is C=C(C)[C@@H]1CC=C(C)C(Br)C1. The fourth-order valence-electron chi connectivity index (χ4n) is 1.39. The van der Waals surface area contributed by atoms with Gasteiger partial charge in [0.05, 0.1) is 0 Å². The lowest BCUT2D eigenvalue weighted by atomic mass is 9.86. The maximum absolute atomic E-state index is 3.99. The molecule has 1 unspecified atom stereocenters. The summed E-state index contributed by atoms with van der Waals surface area (Å²) in [5.74, 6) is 0.697. The molecule has 2 atom stereocenters. The van der Waals surface area contributed by atoms with Crippen LogP contribution in [-0.2, 0) is 0 Å². The van der Waals surface area contributed by atoms with Gasteiger partial charge in [0.25, 0.3) is 0 Å². The molecule has 0 saturated carbocycles. The van der Waals surface area contributed by atoms with Crippen LogP contribution in [0.2, 0.25) is 0 Å². The minimum Gasteiger partial charge on any atom is -0.0998 e. The van der Waals surface area contributed by atoms with Gasteiger partial charge in [0, 0.05) is 4.83 Å². The zero-order chi connectivity index (χ0) is 8.43. The van der Waals surface area contributed by atoms with Gasteiger partial charge in [-0.05, 0) is 32.6 Å². The van der Waals surface area contributed by atoms with Gasteiger partial charge in [0.2, 0.25) is 0 Å². The third-order valence-corrected chi connectivity index (χ3v) is 3.50. The average Bonchev–Trinajstić information content (AvgIpc) is 1.94. The van der Waals surface area contributed by atoms with Crippen molar-refractivity contribution in [2.24, 2.45) is 5.92 Å². The second-order valence-electron chi connectivity index (χ2n) is 3.43. The second kappa shape index (κ2) is 3.57. The van der Waals surface area contributed by atoms with Gasteiger partial charge in [-0.15, -0.1) is 0 Å². The lowest BCUT2D eigenvalue weighted by Gasteiger charge is -2.24. The molecule has 11 heavy (non-hydrogen) atoms. The monoisotopic (exact) mass is 214 g/mol. The van der Waals surface area contributed by atoms with Crippen molar-refractivity contribution in [3.63, 3.8) is 0 Å². The van der Waals surface area contributed by atoms with E-state index in [9.17, 15) is 0 Å². The highest BCUT2D eigenvalue weighted by Crippen LogP contribution is 2.32. The average molecular weight is 215 g/mol. The summed E-state index contributed by atoms with van der Waals surface area (Å²) in [4.78, 5) is 0.581. The topological polar surface area (TPSA) is 0 Å². The van der Waals surface area contributed by atoms with E-state index < -0.39 is 0 Å². The molecule has 1 heteroatoms. The maximum atomic E-state index is 3.99. The number of rotatable bonds is 1. The molecular weight excluding hydrogens is 200 g/mol. The van der Waals surface area contributed by atoms with Gasteiger partial charge in [-0.2, -0.15) is 0 Å². The Morgan fingerprint density at radius 1 is 1.73 bits per heavy atom. The first-order valence-electron chi connectivity index (χ1n) is 4.07. The number of hydrogen-bond acceptors (Lipinski definition) is 0. The molecule has 0 aromatic carbocycles. The molecule has 0 radical (unpaired) electrons. The van der Waals surface area contributed by atoms with Crippen LogP contribution in [0.5, 0.6) is 0 Å². The molecular formula is C10H15Br. The first-order chi connectivity index (χ1) is 5.11. The van der Waals surface area contributed by atoms with E-state index >= 15 is 0 Å². The van der Waals surface area contributed by atoms with Crippen LogP contribution in [0.25, 0.3) is 0 Å². The summed E-state index contributed by atoms with van der Waals surface area (Å²) < 4.78 is 0. The highest BCUT2D eigenvalue weighted by molar-refractivity contribution is 9.09.